The van der Waals surface area contributed by atoms with Crippen molar-refractivity contribution in [3.63, 3.8) is 0 Å². The number of carbonyl (C=O) groups is 1. The van der Waals surface area contributed by atoms with E-state index in [2.05, 4.69) is 10.4 Å². The molecule has 1 heterocycles. The fourth-order valence-corrected chi connectivity index (χ4v) is 1.39. The first-order valence-electron chi connectivity index (χ1n) is 4.22. The van der Waals surface area contributed by atoms with Crippen molar-refractivity contribution < 1.29 is 4.79 Å². The van der Waals surface area contributed by atoms with Crippen molar-refractivity contribution in [3.8, 4) is 0 Å². The summed E-state index contributed by atoms with van der Waals surface area (Å²) in [5.74, 6) is 0.278. The second-order valence-corrected chi connectivity index (χ2v) is 3.21. The molecule has 0 aromatic rings. The van der Waals surface area contributed by atoms with Crippen molar-refractivity contribution >= 4 is 5.78 Å². The van der Waals surface area contributed by atoms with Gasteiger partial charge in [0.2, 0.25) is 0 Å². The molecule has 1 saturated carbocycles. The lowest BCUT2D eigenvalue weighted by Gasteiger charge is -2.18. The Balaban J connectivity index is 1.87. The van der Waals surface area contributed by atoms with Crippen molar-refractivity contribution in [3.05, 3.63) is 6.42 Å². The van der Waals surface area contributed by atoms with Gasteiger partial charge in [-0.3, -0.25) is 10.2 Å². The summed E-state index contributed by atoms with van der Waals surface area (Å²) in [6.45, 7) is 1.61. The van der Waals surface area contributed by atoms with Crippen LogP contribution in [0.5, 0.6) is 0 Å². The van der Waals surface area contributed by atoms with Gasteiger partial charge in [0, 0.05) is 32.0 Å². The van der Waals surface area contributed by atoms with Crippen LogP contribution in [-0.4, -0.2) is 29.9 Å². The van der Waals surface area contributed by atoms with Crippen LogP contribution in [0.2, 0.25) is 0 Å². The zero-order chi connectivity index (χ0) is 7.68. The third-order valence-corrected chi connectivity index (χ3v) is 2.21. The van der Waals surface area contributed by atoms with E-state index in [1.165, 1.54) is 12.8 Å². The first-order valence-corrected chi connectivity index (χ1v) is 4.22. The van der Waals surface area contributed by atoms with Gasteiger partial charge in [-0.05, 0) is 12.8 Å². The van der Waals surface area contributed by atoms with E-state index < -0.39 is 0 Å². The Labute approximate surface area is 66.7 Å². The molecule has 0 bridgehead atoms. The number of hydrogen-bond donors (Lipinski definition) is 1. The highest BCUT2D eigenvalue weighted by atomic mass is 16.1. The van der Waals surface area contributed by atoms with Crippen molar-refractivity contribution in [2.24, 2.45) is 0 Å². The van der Waals surface area contributed by atoms with Crippen LogP contribution in [0.1, 0.15) is 19.3 Å². The molecule has 0 unspecified atom stereocenters. The van der Waals surface area contributed by atoms with Gasteiger partial charge in [-0.1, -0.05) is 0 Å². The lowest BCUT2D eigenvalue weighted by molar-refractivity contribution is -0.115. The molecule has 0 amide bonds. The highest BCUT2D eigenvalue weighted by molar-refractivity contribution is 5.87. The molecular formula is C8H13N2O. The number of hydrazine groups is 1. The first kappa shape index (κ1) is 7.25. The molecule has 11 heavy (non-hydrogen) atoms. The zero-order valence-electron chi connectivity index (χ0n) is 6.55. The fraction of sp³-hybridized carbons (Fsp3) is 0.750. The molecule has 3 nitrogen and oxygen atoms in total. The minimum absolute atomic E-state index is 0.278. The van der Waals surface area contributed by atoms with Crippen LogP contribution in [0.25, 0.3) is 0 Å². The predicted octanol–water partition coefficient (Wildman–Crippen LogP) is 0.132. The first-order chi connectivity index (χ1) is 5.36. The van der Waals surface area contributed by atoms with Gasteiger partial charge in [0.15, 0.2) is 0 Å². The van der Waals surface area contributed by atoms with Crippen LogP contribution < -0.4 is 5.43 Å². The molecule has 1 aliphatic carbocycles. The van der Waals surface area contributed by atoms with Crippen LogP contribution in [0.3, 0.4) is 0 Å². The SMILES string of the molecule is O=C1[CH]CNN(C2CC2)CC1. The van der Waals surface area contributed by atoms with Gasteiger partial charge in [-0.2, -0.15) is 0 Å². The van der Waals surface area contributed by atoms with E-state index in [4.69, 9.17) is 0 Å². The summed E-state index contributed by atoms with van der Waals surface area (Å²) in [6.07, 6.45) is 5.01. The highest BCUT2D eigenvalue weighted by Gasteiger charge is 2.30. The van der Waals surface area contributed by atoms with Crippen molar-refractivity contribution in [1.29, 1.82) is 0 Å². The Morgan fingerprint density at radius 1 is 1.55 bits per heavy atom. The Bertz CT molecular complexity index is 165. The average molecular weight is 153 g/mol. The zero-order valence-corrected chi connectivity index (χ0v) is 6.55. The minimum atomic E-state index is 0.278. The summed E-state index contributed by atoms with van der Waals surface area (Å²) in [7, 11) is 0. The molecule has 1 N–H and O–H groups in total. The number of ketones is 1. The van der Waals surface area contributed by atoms with Gasteiger partial charge in [0.1, 0.15) is 5.78 Å². The number of nitrogens with one attached hydrogen (secondary N) is 1. The smallest absolute Gasteiger partial charge is 0.139 e. The van der Waals surface area contributed by atoms with Crippen LogP contribution in [0.4, 0.5) is 0 Å². The Kier molecular flexibility index (Phi) is 1.92. The van der Waals surface area contributed by atoms with E-state index in [1.54, 1.807) is 6.42 Å². The maximum absolute atomic E-state index is 10.9. The fourth-order valence-electron chi connectivity index (χ4n) is 1.39. The third kappa shape index (κ3) is 1.79. The summed E-state index contributed by atoms with van der Waals surface area (Å²) in [4.78, 5) is 10.9. The van der Waals surface area contributed by atoms with E-state index >= 15 is 0 Å². The standard InChI is InChI=1S/C8H13N2O/c11-8-3-5-9-10(6-4-8)7-1-2-7/h3,7,9H,1-2,4-6H2. The number of carbonyl (C=O) groups excluding carboxylic acids is 1. The third-order valence-electron chi connectivity index (χ3n) is 2.21. The van der Waals surface area contributed by atoms with E-state index in [1.807, 2.05) is 0 Å². The van der Waals surface area contributed by atoms with Crippen molar-refractivity contribution in [2.45, 2.75) is 25.3 Å². The number of rotatable bonds is 1. The summed E-state index contributed by atoms with van der Waals surface area (Å²) < 4.78 is 0. The topological polar surface area (TPSA) is 32.3 Å². The Morgan fingerprint density at radius 3 is 3.09 bits per heavy atom. The van der Waals surface area contributed by atoms with E-state index in [0.29, 0.717) is 12.5 Å². The predicted molar refractivity (Wildman–Crippen MR) is 41.7 cm³/mol. The molecule has 61 valence electrons. The molecule has 3 heteroatoms. The maximum Gasteiger partial charge on any atom is 0.139 e. The van der Waals surface area contributed by atoms with Crippen molar-refractivity contribution in [2.75, 3.05) is 13.1 Å². The van der Waals surface area contributed by atoms with Crippen LogP contribution in [0.15, 0.2) is 0 Å². The summed E-state index contributed by atoms with van der Waals surface area (Å²) >= 11 is 0. The van der Waals surface area contributed by atoms with E-state index in [-0.39, 0.29) is 5.78 Å². The lowest BCUT2D eigenvalue weighted by atomic mass is 10.2. The molecule has 1 aliphatic heterocycles. The monoisotopic (exact) mass is 153 g/mol. The van der Waals surface area contributed by atoms with Gasteiger partial charge >= 0.3 is 0 Å². The average Bonchev–Trinajstić information content (AvgIpc) is 2.73. The van der Waals surface area contributed by atoms with Crippen LogP contribution >= 0.6 is 0 Å². The molecule has 2 aliphatic rings. The molecular weight excluding hydrogens is 140 g/mol. The molecule has 1 saturated heterocycles. The minimum Gasteiger partial charge on any atom is -0.299 e. The largest absolute Gasteiger partial charge is 0.299 e. The lowest BCUT2D eigenvalue weighted by Crippen LogP contribution is -2.39. The molecule has 0 aromatic carbocycles. The van der Waals surface area contributed by atoms with Gasteiger partial charge in [0.25, 0.3) is 0 Å². The Morgan fingerprint density at radius 2 is 2.36 bits per heavy atom. The second kappa shape index (κ2) is 2.91. The maximum atomic E-state index is 10.9. The summed E-state index contributed by atoms with van der Waals surface area (Å²) in [5.41, 5.74) is 3.23. The van der Waals surface area contributed by atoms with Gasteiger partial charge in [0.05, 0.1) is 0 Å². The molecule has 0 atom stereocenters. The number of Topliss-reactive ketones (excluding diaryl/α,β-unsaturated/α-hetero) is 1. The highest BCUT2D eigenvalue weighted by Crippen LogP contribution is 2.25. The summed E-state index contributed by atoms with van der Waals surface area (Å²) in [6, 6.07) is 0.717. The quantitative estimate of drug-likeness (QED) is 0.581. The normalized spacial score (nSPS) is 28.5. The second-order valence-electron chi connectivity index (χ2n) is 3.21. The molecule has 0 aromatic heterocycles. The van der Waals surface area contributed by atoms with Crippen LogP contribution in [-0.2, 0) is 4.79 Å². The molecule has 2 rings (SSSR count). The van der Waals surface area contributed by atoms with Gasteiger partial charge in [-0.15, -0.1) is 0 Å². The molecule has 2 fully saturated rings. The van der Waals surface area contributed by atoms with Crippen molar-refractivity contribution in [1.82, 2.24) is 10.4 Å². The number of nitrogens with zero attached hydrogens (tertiary/aromatic N) is 1. The van der Waals surface area contributed by atoms with Gasteiger partial charge < -0.3 is 0 Å². The Hall–Kier alpha value is -0.410. The van der Waals surface area contributed by atoms with Gasteiger partial charge in [-0.25, -0.2) is 5.01 Å². The van der Waals surface area contributed by atoms with E-state index in [0.717, 1.165) is 13.1 Å². The molecule has 0 spiro atoms. The number of hydrogen-bond acceptors (Lipinski definition) is 3. The summed E-state index contributed by atoms with van der Waals surface area (Å²) in [5, 5.41) is 2.21. The molecule has 1 radical (unpaired) electrons. The van der Waals surface area contributed by atoms with E-state index in [9.17, 15) is 4.79 Å². The van der Waals surface area contributed by atoms with Crippen LogP contribution in [0, 0.1) is 6.42 Å².